The molecule has 0 radical (unpaired) electrons. The first-order valence-electron chi connectivity index (χ1n) is 4.70. The van der Waals surface area contributed by atoms with E-state index < -0.39 is 5.97 Å². The van der Waals surface area contributed by atoms with E-state index >= 15 is 0 Å². The third kappa shape index (κ3) is 2.22. The quantitative estimate of drug-likeness (QED) is 0.795. The Balaban J connectivity index is 2.22. The number of aromatic amines is 1. The van der Waals surface area contributed by atoms with Gasteiger partial charge in [-0.05, 0) is 12.5 Å². The van der Waals surface area contributed by atoms with Gasteiger partial charge < -0.3 is 10.1 Å². The highest BCUT2D eigenvalue weighted by atomic mass is 16.4. The molecule has 0 aliphatic carbocycles. The summed E-state index contributed by atoms with van der Waals surface area (Å²) >= 11 is 0. The second-order valence-corrected chi connectivity index (χ2v) is 3.37. The van der Waals surface area contributed by atoms with Gasteiger partial charge in [-0.25, -0.2) is 15.0 Å². The van der Waals surface area contributed by atoms with Gasteiger partial charge in [0.1, 0.15) is 11.5 Å². The molecule has 2 aromatic rings. The van der Waals surface area contributed by atoms with Crippen molar-refractivity contribution in [3.8, 4) is 11.5 Å². The number of aryl methyl sites for hydroxylation is 1. The summed E-state index contributed by atoms with van der Waals surface area (Å²) in [6, 6.07) is 0. The van der Waals surface area contributed by atoms with Gasteiger partial charge in [-0.15, -0.1) is 0 Å². The van der Waals surface area contributed by atoms with Gasteiger partial charge >= 0.3 is 5.97 Å². The molecule has 0 amide bonds. The molecular weight excluding hydrogens is 208 g/mol. The van der Waals surface area contributed by atoms with Crippen LogP contribution in [0.25, 0.3) is 11.5 Å². The summed E-state index contributed by atoms with van der Waals surface area (Å²) in [5.41, 5.74) is 1.30. The first-order valence-corrected chi connectivity index (χ1v) is 4.70. The molecule has 0 aromatic carbocycles. The number of aromatic nitrogens is 4. The molecule has 0 saturated heterocycles. The van der Waals surface area contributed by atoms with Crippen molar-refractivity contribution < 1.29 is 9.90 Å². The molecule has 2 rings (SSSR count). The van der Waals surface area contributed by atoms with E-state index in [1.165, 1.54) is 12.4 Å². The number of hydrogen-bond donors (Lipinski definition) is 2. The number of imidazole rings is 1. The van der Waals surface area contributed by atoms with Crippen molar-refractivity contribution in [3.63, 3.8) is 0 Å². The van der Waals surface area contributed by atoms with Crippen LogP contribution in [0.5, 0.6) is 0 Å². The molecule has 16 heavy (non-hydrogen) atoms. The molecule has 0 spiro atoms. The molecule has 0 saturated carbocycles. The smallest absolute Gasteiger partial charge is 0.307 e. The SMILES string of the molecule is Cc1ncc(-c2ncc(CC(=O)O)cn2)[nH]1. The Labute approximate surface area is 91.4 Å². The largest absolute Gasteiger partial charge is 0.481 e. The number of carboxylic acids is 1. The molecule has 2 heterocycles. The lowest BCUT2D eigenvalue weighted by atomic mass is 10.2. The third-order valence-corrected chi connectivity index (χ3v) is 2.00. The van der Waals surface area contributed by atoms with Crippen molar-refractivity contribution in [1.29, 1.82) is 0 Å². The van der Waals surface area contributed by atoms with Crippen molar-refractivity contribution in [1.82, 2.24) is 19.9 Å². The lowest BCUT2D eigenvalue weighted by Gasteiger charge is -1.98. The van der Waals surface area contributed by atoms with Crippen LogP contribution < -0.4 is 0 Å². The second kappa shape index (κ2) is 4.09. The van der Waals surface area contributed by atoms with Gasteiger partial charge in [0.25, 0.3) is 0 Å². The fourth-order valence-electron chi connectivity index (χ4n) is 1.29. The number of nitrogens with zero attached hydrogens (tertiary/aromatic N) is 3. The predicted molar refractivity (Wildman–Crippen MR) is 55.7 cm³/mol. The van der Waals surface area contributed by atoms with Crippen LogP contribution in [0.1, 0.15) is 11.4 Å². The summed E-state index contributed by atoms with van der Waals surface area (Å²) < 4.78 is 0. The van der Waals surface area contributed by atoms with E-state index in [4.69, 9.17) is 5.11 Å². The van der Waals surface area contributed by atoms with Crippen molar-refractivity contribution in [2.24, 2.45) is 0 Å². The Bertz CT molecular complexity index is 504. The van der Waals surface area contributed by atoms with Crippen molar-refractivity contribution in [3.05, 3.63) is 30.0 Å². The zero-order chi connectivity index (χ0) is 11.5. The molecule has 0 fully saturated rings. The molecule has 0 bridgehead atoms. The predicted octanol–water partition coefficient (Wildman–Crippen LogP) is 0.802. The van der Waals surface area contributed by atoms with Crippen LogP contribution in [0.15, 0.2) is 18.6 Å². The summed E-state index contributed by atoms with van der Waals surface area (Å²) in [6.45, 7) is 1.84. The lowest BCUT2D eigenvalue weighted by molar-refractivity contribution is -0.136. The Morgan fingerprint density at radius 1 is 1.31 bits per heavy atom. The van der Waals surface area contributed by atoms with E-state index in [0.717, 1.165) is 11.5 Å². The first-order chi connectivity index (χ1) is 7.65. The number of aliphatic carboxylic acids is 1. The number of carbonyl (C=O) groups is 1. The number of rotatable bonds is 3. The monoisotopic (exact) mass is 218 g/mol. The lowest BCUT2D eigenvalue weighted by Crippen LogP contribution is -2.01. The zero-order valence-corrected chi connectivity index (χ0v) is 8.64. The van der Waals surface area contributed by atoms with Gasteiger partial charge in [0.2, 0.25) is 0 Å². The zero-order valence-electron chi connectivity index (χ0n) is 8.64. The fraction of sp³-hybridized carbons (Fsp3) is 0.200. The summed E-state index contributed by atoms with van der Waals surface area (Å²) in [5.74, 6) is 0.400. The topological polar surface area (TPSA) is 91.8 Å². The maximum Gasteiger partial charge on any atom is 0.307 e. The van der Waals surface area contributed by atoms with Gasteiger partial charge in [-0.2, -0.15) is 0 Å². The first kappa shape index (κ1) is 10.3. The Hall–Kier alpha value is -2.24. The van der Waals surface area contributed by atoms with Gasteiger partial charge in [0, 0.05) is 12.4 Å². The summed E-state index contributed by atoms with van der Waals surface area (Å²) in [5, 5.41) is 8.58. The van der Waals surface area contributed by atoms with Crippen molar-refractivity contribution in [2.45, 2.75) is 13.3 Å². The van der Waals surface area contributed by atoms with Crippen molar-refractivity contribution in [2.75, 3.05) is 0 Å². The highest BCUT2D eigenvalue weighted by molar-refractivity contribution is 5.69. The van der Waals surface area contributed by atoms with Crippen molar-refractivity contribution >= 4 is 5.97 Å². The molecule has 2 aromatic heterocycles. The number of hydrogen-bond acceptors (Lipinski definition) is 4. The normalized spacial score (nSPS) is 10.3. The molecule has 0 aliphatic heterocycles. The summed E-state index contributed by atoms with van der Waals surface area (Å²) in [6.07, 6.45) is 4.59. The Morgan fingerprint density at radius 2 is 2.00 bits per heavy atom. The molecule has 6 nitrogen and oxygen atoms in total. The van der Waals surface area contributed by atoms with Crippen LogP contribution in [0.3, 0.4) is 0 Å². The summed E-state index contributed by atoms with van der Waals surface area (Å²) in [4.78, 5) is 25.6. The van der Waals surface area contributed by atoms with Gasteiger partial charge in [-0.1, -0.05) is 0 Å². The van der Waals surface area contributed by atoms with Gasteiger partial charge in [0.15, 0.2) is 5.82 Å². The Morgan fingerprint density at radius 3 is 2.50 bits per heavy atom. The average Bonchev–Trinajstić information content (AvgIpc) is 2.65. The van der Waals surface area contributed by atoms with E-state index in [0.29, 0.717) is 11.4 Å². The standard InChI is InChI=1S/C10H10N4O2/c1-6-11-5-8(14-6)10-12-3-7(4-13-10)2-9(15)16/h3-5H,2H2,1H3,(H,11,14)(H,15,16). The second-order valence-electron chi connectivity index (χ2n) is 3.37. The maximum atomic E-state index is 10.5. The van der Waals surface area contributed by atoms with Crippen LogP contribution in [-0.2, 0) is 11.2 Å². The van der Waals surface area contributed by atoms with E-state index in [-0.39, 0.29) is 6.42 Å². The van der Waals surface area contributed by atoms with E-state index in [2.05, 4.69) is 19.9 Å². The molecule has 0 unspecified atom stereocenters. The minimum Gasteiger partial charge on any atom is -0.481 e. The molecule has 2 N–H and O–H groups in total. The van der Waals surface area contributed by atoms with Gasteiger partial charge in [-0.3, -0.25) is 4.79 Å². The number of nitrogens with one attached hydrogen (secondary N) is 1. The highest BCUT2D eigenvalue weighted by Crippen LogP contribution is 2.11. The van der Waals surface area contributed by atoms with Crippen LogP contribution in [0.2, 0.25) is 0 Å². The Kier molecular flexibility index (Phi) is 2.63. The molecule has 0 atom stereocenters. The maximum absolute atomic E-state index is 10.5. The van der Waals surface area contributed by atoms with Gasteiger partial charge in [0.05, 0.1) is 12.6 Å². The third-order valence-electron chi connectivity index (χ3n) is 2.00. The molecular formula is C10H10N4O2. The molecule has 82 valence electrons. The van der Waals surface area contributed by atoms with Crippen LogP contribution >= 0.6 is 0 Å². The molecule has 0 aliphatic rings. The van der Waals surface area contributed by atoms with E-state index in [1.54, 1.807) is 6.20 Å². The average molecular weight is 218 g/mol. The number of carboxylic acid groups (broad SMARTS) is 1. The fourth-order valence-corrected chi connectivity index (χ4v) is 1.29. The summed E-state index contributed by atoms with van der Waals surface area (Å²) in [7, 11) is 0. The van der Waals surface area contributed by atoms with E-state index in [9.17, 15) is 4.79 Å². The minimum absolute atomic E-state index is 0.0672. The minimum atomic E-state index is -0.895. The number of H-pyrrole nitrogens is 1. The van der Waals surface area contributed by atoms with Crippen LogP contribution in [-0.4, -0.2) is 31.0 Å². The molecule has 6 heteroatoms. The van der Waals surface area contributed by atoms with E-state index in [1.807, 2.05) is 6.92 Å². The highest BCUT2D eigenvalue weighted by Gasteiger charge is 2.05. The van der Waals surface area contributed by atoms with Crippen LogP contribution in [0, 0.1) is 6.92 Å². The van der Waals surface area contributed by atoms with Crippen LogP contribution in [0.4, 0.5) is 0 Å².